The van der Waals surface area contributed by atoms with Crippen molar-refractivity contribution in [3.8, 4) is 5.75 Å². The van der Waals surface area contributed by atoms with E-state index in [2.05, 4.69) is 4.98 Å². The molecule has 0 saturated heterocycles. The molecular formula is C10H8Cl3NO. The van der Waals surface area contributed by atoms with Gasteiger partial charge in [-0.25, -0.2) is 0 Å². The van der Waals surface area contributed by atoms with Gasteiger partial charge in [-0.05, 0) is 12.1 Å². The molecule has 0 atom stereocenters. The van der Waals surface area contributed by atoms with Gasteiger partial charge in [0.2, 0.25) is 0 Å². The summed E-state index contributed by atoms with van der Waals surface area (Å²) in [6, 6.07) is 9.13. The van der Waals surface area contributed by atoms with Crippen molar-refractivity contribution >= 4 is 45.7 Å². The van der Waals surface area contributed by atoms with Crippen LogP contribution in [0.2, 0.25) is 0 Å². The second-order valence-corrected chi connectivity index (χ2v) is 4.58. The number of aromatic nitrogens is 1. The molecule has 5 heteroatoms. The van der Waals surface area contributed by atoms with Crippen LogP contribution in [-0.2, 0) is 0 Å². The van der Waals surface area contributed by atoms with E-state index in [0.29, 0.717) is 5.52 Å². The number of rotatable bonds is 0. The molecule has 0 bridgehead atoms. The van der Waals surface area contributed by atoms with Gasteiger partial charge >= 0.3 is 0 Å². The number of benzene rings is 1. The molecule has 80 valence electrons. The molecule has 0 fully saturated rings. The molecule has 15 heavy (non-hydrogen) atoms. The number of fused-ring (bicyclic) bond motifs is 1. The van der Waals surface area contributed by atoms with Crippen molar-refractivity contribution in [1.29, 1.82) is 0 Å². The van der Waals surface area contributed by atoms with Crippen LogP contribution in [0.25, 0.3) is 10.9 Å². The lowest BCUT2D eigenvalue weighted by atomic mass is 10.2. The zero-order chi connectivity index (χ0) is 11.3. The Morgan fingerprint density at radius 3 is 2.27 bits per heavy atom. The van der Waals surface area contributed by atoms with Gasteiger partial charge in [-0.2, -0.15) is 0 Å². The van der Waals surface area contributed by atoms with Crippen LogP contribution < -0.4 is 0 Å². The predicted octanol–water partition coefficient (Wildman–Crippen LogP) is 3.93. The fourth-order valence-corrected chi connectivity index (χ4v) is 1.09. The molecule has 1 heterocycles. The number of para-hydroxylation sites is 1. The van der Waals surface area contributed by atoms with Crippen molar-refractivity contribution in [2.75, 3.05) is 0 Å². The van der Waals surface area contributed by atoms with E-state index in [1.54, 1.807) is 18.3 Å². The van der Waals surface area contributed by atoms with Gasteiger partial charge in [0.1, 0.15) is 11.3 Å². The Morgan fingerprint density at radius 1 is 1.07 bits per heavy atom. The number of alkyl halides is 3. The second kappa shape index (κ2) is 6.01. The minimum atomic E-state index is -0.750. The summed E-state index contributed by atoms with van der Waals surface area (Å²) in [6.45, 7) is 0. The molecule has 1 N–H and O–H groups in total. The highest BCUT2D eigenvalue weighted by Gasteiger charge is 1.96. The topological polar surface area (TPSA) is 33.1 Å². The van der Waals surface area contributed by atoms with Crippen LogP contribution in [0, 0.1) is 0 Å². The first-order valence-corrected chi connectivity index (χ1v) is 5.37. The van der Waals surface area contributed by atoms with Crippen molar-refractivity contribution in [3.63, 3.8) is 0 Å². The summed E-state index contributed by atoms with van der Waals surface area (Å²) >= 11 is 14.4. The van der Waals surface area contributed by atoms with Gasteiger partial charge in [-0.1, -0.05) is 53.0 Å². The molecule has 0 saturated carbocycles. The van der Waals surface area contributed by atoms with E-state index in [1.807, 2.05) is 18.2 Å². The summed E-state index contributed by atoms with van der Waals surface area (Å²) in [4.78, 5) is 4.03. The number of nitrogens with zero attached hydrogens (tertiary/aromatic N) is 1. The molecule has 2 rings (SSSR count). The minimum Gasteiger partial charge on any atom is -0.506 e. The lowest BCUT2D eigenvalue weighted by molar-refractivity contribution is 0.480. The van der Waals surface area contributed by atoms with Crippen molar-refractivity contribution in [3.05, 3.63) is 36.5 Å². The van der Waals surface area contributed by atoms with Crippen LogP contribution in [0.1, 0.15) is 0 Å². The molecule has 0 radical (unpaired) electrons. The number of pyridine rings is 1. The predicted molar refractivity (Wildman–Crippen MR) is 64.8 cm³/mol. The van der Waals surface area contributed by atoms with Crippen LogP contribution in [-0.4, -0.2) is 14.4 Å². The van der Waals surface area contributed by atoms with Gasteiger partial charge in [-0.3, -0.25) is 4.98 Å². The van der Waals surface area contributed by atoms with E-state index < -0.39 is 4.30 Å². The van der Waals surface area contributed by atoms with Crippen molar-refractivity contribution in [2.24, 2.45) is 0 Å². The van der Waals surface area contributed by atoms with E-state index in [0.717, 1.165) is 5.39 Å². The largest absolute Gasteiger partial charge is 0.506 e. The van der Waals surface area contributed by atoms with E-state index in [9.17, 15) is 5.11 Å². The third-order valence-electron chi connectivity index (χ3n) is 1.61. The quantitative estimate of drug-likeness (QED) is 0.732. The summed E-state index contributed by atoms with van der Waals surface area (Å²) in [5, 5.41) is 10.3. The molecule has 1 aromatic heterocycles. The first-order chi connectivity index (χ1) is 7.11. The minimum absolute atomic E-state index is 0.239. The maximum Gasteiger partial charge on any atom is 0.180 e. The van der Waals surface area contributed by atoms with Crippen LogP contribution in [0.5, 0.6) is 5.75 Å². The summed E-state index contributed by atoms with van der Waals surface area (Å²) in [5.41, 5.74) is 0.662. The highest BCUT2D eigenvalue weighted by molar-refractivity contribution is 6.63. The monoisotopic (exact) mass is 263 g/mol. The third kappa shape index (κ3) is 4.12. The summed E-state index contributed by atoms with van der Waals surface area (Å²) < 4.78 is -0.750. The molecule has 2 aromatic rings. The number of hydrogen-bond acceptors (Lipinski definition) is 2. The fraction of sp³-hybridized carbons (Fsp3) is 0.100. The Morgan fingerprint density at radius 2 is 1.67 bits per heavy atom. The van der Waals surface area contributed by atoms with E-state index in [4.69, 9.17) is 34.8 Å². The Bertz CT molecular complexity index is 426. The van der Waals surface area contributed by atoms with E-state index in [1.165, 1.54) is 0 Å². The van der Waals surface area contributed by atoms with Gasteiger partial charge in [0.05, 0.1) is 0 Å². The standard InChI is InChI=1S/C9H7NO.CHCl3/c11-8-5-1-3-7-4-2-6-10-9(7)8;2-1(3)4/h1-6,11H;1H. The fourth-order valence-electron chi connectivity index (χ4n) is 1.09. The van der Waals surface area contributed by atoms with Crippen LogP contribution in [0.4, 0.5) is 0 Å². The normalized spacial score (nSPS) is 9.87. The second-order valence-electron chi connectivity index (χ2n) is 2.60. The molecule has 1 aromatic carbocycles. The molecule has 0 aliphatic heterocycles. The maximum atomic E-state index is 9.31. The number of aromatic hydroxyl groups is 1. The highest BCUT2D eigenvalue weighted by Crippen LogP contribution is 2.20. The number of phenolic OH excluding ortho intramolecular Hbond substituents is 1. The summed E-state index contributed by atoms with van der Waals surface area (Å²) in [5.74, 6) is 0.239. The number of phenols is 1. The molecule has 0 amide bonds. The van der Waals surface area contributed by atoms with Crippen molar-refractivity contribution in [2.45, 2.75) is 4.30 Å². The third-order valence-corrected chi connectivity index (χ3v) is 1.61. The zero-order valence-electron chi connectivity index (χ0n) is 7.57. The van der Waals surface area contributed by atoms with E-state index >= 15 is 0 Å². The Labute approximate surface area is 102 Å². The Hall–Kier alpha value is -0.700. The molecular weight excluding hydrogens is 256 g/mol. The molecule has 0 aliphatic rings. The van der Waals surface area contributed by atoms with Crippen LogP contribution in [0.3, 0.4) is 0 Å². The van der Waals surface area contributed by atoms with Gasteiger partial charge < -0.3 is 5.11 Å². The molecule has 0 aliphatic carbocycles. The van der Waals surface area contributed by atoms with Crippen LogP contribution in [0.15, 0.2) is 36.5 Å². The molecule has 0 spiro atoms. The molecule has 0 unspecified atom stereocenters. The number of hydrogen-bond donors (Lipinski definition) is 1. The first-order valence-electron chi connectivity index (χ1n) is 4.06. The van der Waals surface area contributed by atoms with Gasteiger partial charge in [0, 0.05) is 11.6 Å². The average molecular weight is 265 g/mol. The Balaban J connectivity index is 0.000000245. The maximum absolute atomic E-state index is 9.31. The number of halogens is 3. The van der Waals surface area contributed by atoms with Gasteiger partial charge in [0.25, 0.3) is 0 Å². The Kier molecular flexibility index (Phi) is 4.95. The summed E-state index contributed by atoms with van der Waals surface area (Å²) in [7, 11) is 0. The average Bonchev–Trinajstić information content (AvgIpc) is 2.18. The smallest absolute Gasteiger partial charge is 0.180 e. The SMILES string of the molecule is ClC(Cl)Cl.Oc1cccc2cccnc12. The highest BCUT2D eigenvalue weighted by atomic mass is 35.6. The van der Waals surface area contributed by atoms with Gasteiger partial charge in [-0.15, -0.1) is 0 Å². The van der Waals surface area contributed by atoms with Crippen LogP contribution >= 0.6 is 34.8 Å². The first kappa shape index (κ1) is 12.4. The van der Waals surface area contributed by atoms with Crippen molar-refractivity contribution in [1.82, 2.24) is 4.98 Å². The van der Waals surface area contributed by atoms with Crippen molar-refractivity contribution < 1.29 is 5.11 Å². The summed E-state index contributed by atoms with van der Waals surface area (Å²) in [6.07, 6.45) is 1.67. The lowest BCUT2D eigenvalue weighted by Gasteiger charge is -1.96. The lowest BCUT2D eigenvalue weighted by Crippen LogP contribution is -1.76. The molecule has 2 nitrogen and oxygen atoms in total. The van der Waals surface area contributed by atoms with Gasteiger partial charge in [0.15, 0.2) is 4.30 Å². The zero-order valence-corrected chi connectivity index (χ0v) is 9.84. The van der Waals surface area contributed by atoms with E-state index in [-0.39, 0.29) is 5.75 Å².